The average molecular weight is 417 g/mol. The van der Waals surface area contributed by atoms with Gasteiger partial charge >= 0.3 is 0 Å². The molecule has 0 fully saturated rings. The molecule has 26 heavy (non-hydrogen) atoms. The number of rotatable bonds is 7. The van der Waals surface area contributed by atoms with Crippen LogP contribution in [0.25, 0.3) is 0 Å². The van der Waals surface area contributed by atoms with Gasteiger partial charge in [0.15, 0.2) is 0 Å². The number of carbonyl (C=O) groups is 1. The Bertz CT molecular complexity index is 830. The van der Waals surface area contributed by atoms with Crippen molar-refractivity contribution in [2.45, 2.75) is 13.0 Å². The van der Waals surface area contributed by atoms with Gasteiger partial charge in [0.2, 0.25) is 0 Å². The number of nitrogens with zero attached hydrogens (tertiary/aromatic N) is 2. The molecule has 0 aliphatic rings. The highest BCUT2D eigenvalue weighted by molar-refractivity contribution is 6.36. The van der Waals surface area contributed by atoms with E-state index in [1.54, 1.807) is 18.2 Å². The maximum atomic E-state index is 12.3. The number of amides is 1. The van der Waals surface area contributed by atoms with Gasteiger partial charge in [-0.25, -0.2) is 0 Å². The van der Waals surface area contributed by atoms with E-state index >= 15 is 0 Å². The number of carbonyl (C=O) groups excluding carboxylic acids is 1. The van der Waals surface area contributed by atoms with Crippen LogP contribution in [0.3, 0.4) is 0 Å². The molecule has 0 spiro atoms. The van der Waals surface area contributed by atoms with Gasteiger partial charge in [0, 0.05) is 28.4 Å². The first-order valence-corrected chi connectivity index (χ1v) is 9.18. The molecule has 5 nitrogen and oxygen atoms in total. The molecule has 0 saturated carbocycles. The predicted molar refractivity (Wildman–Crippen MR) is 107 cm³/mol. The van der Waals surface area contributed by atoms with Gasteiger partial charge in [-0.2, -0.15) is 0 Å². The van der Waals surface area contributed by atoms with Gasteiger partial charge in [-0.05, 0) is 45.3 Å². The fourth-order valence-corrected chi connectivity index (χ4v) is 3.14. The molecule has 1 N–H and O–H groups in total. The summed E-state index contributed by atoms with van der Waals surface area (Å²) in [4.78, 5) is 26.7. The first kappa shape index (κ1) is 20.8. The van der Waals surface area contributed by atoms with E-state index in [2.05, 4.69) is 5.32 Å². The first-order valence-electron chi connectivity index (χ1n) is 8.05. The Labute approximate surface area is 167 Å². The molecule has 2 aromatic rings. The smallest absolute Gasteiger partial charge is 0.269 e. The molecule has 1 amide bonds. The van der Waals surface area contributed by atoms with Crippen molar-refractivity contribution in [2.24, 2.45) is 0 Å². The second kappa shape index (κ2) is 9.42. The highest BCUT2D eigenvalue weighted by Crippen LogP contribution is 2.25. The van der Waals surface area contributed by atoms with Crippen LogP contribution in [0.2, 0.25) is 15.1 Å². The third-order valence-corrected chi connectivity index (χ3v) is 4.74. The Balaban J connectivity index is 2.21. The van der Waals surface area contributed by atoms with Crippen LogP contribution in [0, 0.1) is 0 Å². The molecule has 0 atom stereocenters. The van der Waals surface area contributed by atoms with E-state index in [0.29, 0.717) is 27.7 Å². The minimum absolute atomic E-state index is 0.0332. The largest absolute Gasteiger partial charge is 0.352 e. The summed E-state index contributed by atoms with van der Waals surface area (Å²) in [5.41, 5.74) is 0.493. The maximum Gasteiger partial charge on any atom is 0.269 e. The SMILES string of the molecule is CN(C)CCCNC(=O)c1cc(Cl)c(=O)n(Cc2c(Cl)cccc2Cl)c1. The van der Waals surface area contributed by atoms with Crippen molar-refractivity contribution in [3.63, 3.8) is 0 Å². The van der Waals surface area contributed by atoms with Gasteiger partial charge in [0.05, 0.1) is 12.1 Å². The van der Waals surface area contributed by atoms with E-state index in [9.17, 15) is 9.59 Å². The molecule has 0 bridgehead atoms. The lowest BCUT2D eigenvalue weighted by molar-refractivity contribution is 0.0951. The number of nitrogens with one attached hydrogen (secondary N) is 1. The lowest BCUT2D eigenvalue weighted by Crippen LogP contribution is -2.29. The predicted octanol–water partition coefficient (Wildman–Crippen LogP) is 3.54. The lowest BCUT2D eigenvalue weighted by atomic mass is 10.2. The summed E-state index contributed by atoms with van der Waals surface area (Å²) < 4.78 is 1.34. The van der Waals surface area contributed by atoms with Crippen LogP contribution >= 0.6 is 34.8 Å². The summed E-state index contributed by atoms with van der Waals surface area (Å²) in [6.07, 6.45) is 2.29. The topological polar surface area (TPSA) is 54.3 Å². The zero-order valence-corrected chi connectivity index (χ0v) is 16.8. The Hall–Kier alpha value is -1.53. The molecule has 1 aromatic heterocycles. The minimum atomic E-state index is -0.410. The van der Waals surface area contributed by atoms with Crippen molar-refractivity contribution < 1.29 is 4.79 Å². The summed E-state index contributed by atoms with van der Waals surface area (Å²) in [7, 11) is 3.94. The fourth-order valence-electron chi connectivity index (χ4n) is 2.39. The van der Waals surface area contributed by atoms with Gasteiger partial charge in [-0.3, -0.25) is 9.59 Å². The molecule has 8 heteroatoms. The van der Waals surface area contributed by atoms with E-state index in [-0.39, 0.29) is 17.5 Å². The number of halogens is 3. The zero-order chi connectivity index (χ0) is 19.3. The Kier molecular flexibility index (Phi) is 7.53. The summed E-state index contributed by atoms with van der Waals surface area (Å²) >= 11 is 18.4. The fraction of sp³-hybridized carbons (Fsp3) is 0.333. The molecule has 0 aliphatic carbocycles. The standard InChI is InChI=1S/C18H20Cl3N3O2/c1-23(2)8-4-7-22-17(25)12-9-16(21)18(26)24(10-12)11-13-14(19)5-3-6-15(13)20/h3,5-6,9-10H,4,7-8,11H2,1-2H3,(H,22,25). The van der Waals surface area contributed by atoms with Crippen molar-refractivity contribution >= 4 is 40.7 Å². The van der Waals surface area contributed by atoms with Crippen molar-refractivity contribution in [3.05, 3.63) is 67.0 Å². The van der Waals surface area contributed by atoms with Crippen LogP contribution in [0.1, 0.15) is 22.3 Å². The highest BCUT2D eigenvalue weighted by atomic mass is 35.5. The van der Waals surface area contributed by atoms with Crippen molar-refractivity contribution in [1.29, 1.82) is 0 Å². The molecular formula is C18H20Cl3N3O2. The summed E-state index contributed by atoms with van der Waals surface area (Å²) in [5, 5.41) is 3.68. The number of hydrogen-bond donors (Lipinski definition) is 1. The summed E-state index contributed by atoms with van der Waals surface area (Å²) in [6.45, 7) is 1.52. The minimum Gasteiger partial charge on any atom is -0.352 e. The molecule has 2 rings (SSSR count). The Morgan fingerprint density at radius 1 is 1.15 bits per heavy atom. The Morgan fingerprint density at radius 3 is 2.42 bits per heavy atom. The molecule has 0 saturated heterocycles. The average Bonchev–Trinajstić information content (AvgIpc) is 2.58. The molecule has 140 valence electrons. The van der Waals surface area contributed by atoms with E-state index < -0.39 is 5.56 Å². The number of benzene rings is 1. The third-order valence-electron chi connectivity index (χ3n) is 3.76. The number of pyridine rings is 1. The van der Waals surface area contributed by atoms with Gasteiger partial charge in [0.25, 0.3) is 11.5 Å². The van der Waals surface area contributed by atoms with Crippen LogP contribution in [0.15, 0.2) is 35.3 Å². The van der Waals surface area contributed by atoms with Gasteiger partial charge in [-0.15, -0.1) is 0 Å². The molecule has 1 aromatic carbocycles. The number of aromatic nitrogens is 1. The van der Waals surface area contributed by atoms with Crippen LogP contribution < -0.4 is 10.9 Å². The monoisotopic (exact) mass is 415 g/mol. The highest BCUT2D eigenvalue weighted by Gasteiger charge is 2.13. The quantitative estimate of drug-likeness (QED) is 0.702. The van der Waals surface area contributed by atoms with E-state index in [0.717, 1.165) is 13.0 Å². The molecule has 0 radical (unpaired) electrons. The Morgan fingerprint density at radius 2 is 1.81 bits per heavy atom. The van der Waals surface area contributed by atoms with Gasteiger partial charge in [-0.1, -0.05) is 40.9 Å². The molecule has 0 aliphatic heterocycles. The van der Waals surface area contributed by atoms with Crippen LogP contribution in [-0.4, -0.2) is 42.6 Å². The summed E-state index contributed by atoms with van der Waals surface area (Å²) in [6, 6.07) is 6.48. The van der Waals surface area contributed by atoms with Gasteiger partial charge in [0.1, 0.15) is 5.02 Å². The van der Waals surface area contributed by atoms with Gasteiger partial charge < -0.3 is 14.8 Å². The maximum absolute atomic E-state index is 12.3. The van der Waals surface area contributed by atoms with E-state index in [4.69, 9.17) is 34.8 Å². The molecule has 0 unspecified atom stereocenters. The molecule has 1 heterocycles. The first-order chi connectivity index (χ1) is 12.3. The van der Waals surface area contributed by atoms with Crippen LogP contribution in [0.4, 0.5) is 0 Å². The lowest BCUT2D eigenvalue weighted by Gasteiger charge is -2.13. The number of hydrogen-bond acceptors (Lipinski definition) is 3. The van der Waals surface area contributed by atoms with E-state index in [1.807, 2.05) is 19.0 Å². The summed E-state index contributed by atoms with van der Waals surface area (Å²) in [5.74, 6) is -0.287. The van der Waals surface area contributed by atoms with Crippen molar-refractivity contribution in [1.82, 2.24) is 14.8 Å². The molecular weight excluding hydrogens is 397 g/mol. The second-order valence-electron chi connectivity index (χ2n) is 6.12. The van der Waals surface area contributed by atoms with Crippen LogP contribution in [0.5, 0.6) is 0 Å². The third kappa shape index (κ3) is 5.48. The van der Waals surface area contributed by atoms with Crippen molar-refractivity contribution in [2.75, 3.05) is 27.2 Å². The normalized spacial score (nSPS) is 11.0. The zero-order valence-electron chi connectivity index (χ0n) is 14.6. The van der Waals surface area contributed by atoms with Crippen LogP contribution in [-0.2, 0) is 6.54 Å². The van der Waals surface area contributed by atoms with E-state index in [1.165, 1.54) is 16.8 Å². The van der Waals surface area contributed by atoms with Crippen molar-refractivity contribution in [3.8, 4) is 0 Å². The second-order valence-corrected chi connectivity index (χ2v) is 7.34.